The monoisotopic (exact) mass is 341 g/mol. The van der Waals surface area contributed by atoms with E-state index in [-0.39, 0.29) is 18.0 Å². The summed E-state index contributed by atoms with van der Waals surface area (Å²) in [7, 11) is 2.15. The van der Waals surface area contributed by atoms with Gasteiger partial charge < -0.3 is 0 Å². The van der Waals surface area contributed by atoms with Crippen LogP contribution in [-0.4, -0.2) is 17.7 Å². The highest BCUT2D eigenvalue weighted by Gasteiger charge is 2.42. The molecule has 0 bridgehead atoms. The lowest BCUT2D eigenvalue weighted by Gasteiger charge is -2.44. The van der Waals surface area contributed by atoms with Gasteiger partial charge in [0, 0.05) is 18.5 Å². The smallest absolute Gasteiger partial charge is 0.144 e. The molecule has 0 saturated carbocycles. The summed E-state index contributed by atoms with van der Waals surface area (Å²) in [5.74, 6) is 0.181. The van der Waals surface area contributed by atoms with Gasteiger partial charge in [0.25, 0.3) is 0 Å². The number of nitrogens with zero attached hydrogens (tertiary/aromatic N) is 1. The van der Waals surface area contributed by atoms with Crippen molar-refractivity contribution >= 4 is 5.78 Å². The van der Waals surface area contributed by atoms with Crippen LogP contribution in [0.3, 0.4) is 0 Å². The first kappa shape index (κ1) is 16.7. The van der Waals surface area contributed by atoms with Gasteiger partial charge in [-0.2, -0.15) is 0 Å². The predicted molar refractivity (Wildman–Crippen MR) is 105 cm³/mol. The van der Waals surface area contributed by atoms with Crippen LogP contribution in [0.4, 0.5) is 0 Å². The summed E-state index contributed by atoms with van der Waals surface area (Å²) < 4.78 is 0. The first-order valence-electron chi connectivity index (χ1n) is 9.15. The Bertz CT molecular complexity index is 860. The number of rotatable bonds is 3. The molecule has 1 aliphatic heterocycles. The normalized spacial score (nSPS) is 23.7. The van der Waals surface area contributed by atoms with Crippen molar-refractivity contribution in [1.82, 2.24) is 4.90 Å². The zero-order valence-electron chi connectivity index (χ0n) is 15.0. The van der Waals surface area contributed by atoms with E-state index in [1.54, 1.807) is 0 Å². The Kier molecular flexibility index (Phi) is 4.68. The number of benzene rings is 3. The van der Waals surface area contributed by atoms with Crippen molar-refractivity contribution < 1.29 is 4.79 Å². The number of likely N-dealkylation sites (N-methyl/N-ethyl adjacent to an activating group) is 1. The van der Waals surface area contributed by atoms with Gasteiger partial charge in [0.1, 0.15) is 5.78 Å². The number of carbonyl (C=O) groups is 1. The molecule has 1 saturated heterocycles. The quantitative estimate of drug-likeness (QED) is 0.656. The van der Waals surface area contributed by atoms with E-state index in [0.29, 0.717) is 12.2 Å². The van der Waals surface area contributed by atoms with Gasteiger partial charge in [-0.1, -0.05) is 91.0 Å². The average Bonchev–Trinajstić information content (AvgIpc) is 2.71. The Morgan fingerprint density at radius 3 is 1.69 bits per heavy atom. The van der Waals surface area contributed by atoms with Crippen molar-refractivity contribution in [2.45, 2.75) is 24.4 Å². The first-order chi connectivity index (χ1) is 12.8. The van der Waals surface area contributed by atoms with Crippen LogP contribution in [0.5, 0.6) is 0 Å². The van der Waals surface area contributed by atoms with Gasteiger partial charge >= 0.3 is 0 Å². The molecule has 3 unspecified atom stereocenters. The van der Waals surface area contributed by atoms with Crippen LogP contribution in [0.2, 0.25) is 0 Å². The summed E-state index contributed by atoms with van der Waals surface area (Å²) in [6, 6.07) is 31.1. The fourth-order valence-corrected chi connectivity index (χ4v) is 4.20. The molecule has 0 aromatic heterocycles. The van der Waals surface area contributed by atoms with E-state index in [4.69, 9.17) is 0 Å². The molecule has 1 heterocycles. The molecule has 4 rings (SSSR count). The number of ketones is 1. The molecule has 2 nitrogen and oxygen atoms in total. The number of hydrogen-bond donors (Lipinski definition) is 0. The lowest BCUT2D eigenvalue weighted by atomic mass is 9.76. The number of carbonyl (C=O) groups excluding carboxylic acids is 1. The second-order valence-electron chi connectivity index (χ2n) is 7.01. The Morgan fingerprint density at radius 2 is 1.15 bits per heavy atom. The van der Waals surface area contributed by atoms with Crippen molar-refractivity contribution in [2.75, 3.05) is 7.05 Å². The third-order valence-electron chi connectivity index (χ3n) is 5.47. The molecular formula is C24H23NO. The number of piperidine rings is 1. The van der Waals surface area contributed by atoms with E-state index >= 15 is 0 Å². The molecule has 0 radical (unpaired) electrons. The second kappa shape index (κ2) is 7.27. The highest BCUT2D eigenvalue weighted by Crippen LogP contribution is 2.46. The number of Topliss-reactive ketones (excluding diaryl/α,β-unsaturated/α-hetero) is 1. The van der Waals surface area contributed by atoms with Gasteiger partial charge in [0.15, 0.2) is 0 Å². The van der Waals surface area contributed by atoms with Crippen LogP contribution < -0.4 is 0 Å². The Balaban J connectivity index is 1.80. The third-order valence-corrected chi connectivity index (χ3v) is 5.47. The molecule has 0 amide bonds. The molecule has 130 valence electrons. The fourth-order valence-electron chi connectivity index (χ4n) is 4.20. The third kappa shape index (κ3) is 3.09. The van der Waals surface area contributed by atoms with Crippen molar-refractivity contribution in [3.05, 3.63) is 108 Å². The van der Waals surface area contributed by atoms with Gasteiger partial charge in [0.05, 0.1) is 5.92 Å². The molecular weight excluding hydrogens is 318 g/mol. The number of likely N-dealkylation sites (tertiary alicyclic amines) is 1. The molecule has 0 spiro atoms. The summed E-state index contributed by atoms with van der Waals surface area (Å²) in [4.78, 5) is 15.7. The van der Waals surface area contributed by atoms with Gasteiger partial charge in [-0.25, -0.2) is 0 Å². The van der Waals surface area contributed by atoms with Crippen molar-refractivity contribution in [3.63, 3.8) is 0 Å². The molecule has 1 aliphatic rings. The average molecular weight is 341 g/mol. The summed E-state index contributed by atoms with van der Waals surface area (Å²) in [6.45, 7) is 0. The van der Waals surface area contributed by atoms with Crippen molar-refractivity contribution in [1.29, 1.82) is 0 Å². The number of hydrogen-bond acceptors (Lipinski definition) is 2. The Labute approximate surface area is 155 Å². The van der Waals surface area contributed by atoms with Gasteiger partial charge in [-0.05, 0) is 23.7 Å². The lowest BCUT2D eigenvalue weighted by Crippen LogP contribution is -2.42. The summed E-state index contributed by atoms with van der Waals surface area (Å²) in [6.07, 6.45) is 0.545. The largest absolute Gasteiger partial charge is 0.299 e. The van der Waals surface area contributed by atoms with Crippen LogP contribution in [0.1, 0.15) is 41.1 Å². The molecule has 0 aliphatic carbocycles. The predicted octanol–water partition coefficient (Wildman–Crippen LogP) is 5.16. The maximum Gasteiger partial charge on any atom is 0.144 e. The maximum atomic E-state index is 13.3. The zero-order chi connectivity index (χ0) is 17.9. The van der Waals surface area contributed by atoms with Crippen LogP contribution in [0.25, 0.3) is 0 Å². The molecule has 3 atom stereocenters. The van der Waals surface area contributed by atoms with Gasteiger partial charge in [-0.15, -0.1) is 0 Å². The minimum atomic E-state index is -0.136. The van der Waals surface area contributed by atoms with E-state index in [1.165, 1.54) is 11.1 Å². The minimum absolute atomic E-state index is 0.0325. The molecule has 0 N–H and O–H groups in total. The lowest BCUT2D eigenvalue weighted by molar-refractivity contribution is -0.127. The second-order valence-corrected chi connectivity index (χ2v) is 7.01. The van der Waals surface area contributed by atoms with E-state index < -0.39 is 0 Å². The first-order valence-corrected chi connectivity index (χ1v) is 9.15. The van der Waals surface area contributed by atoms with Crippen LogP contribution >= 0.6 is 0 Å². The maximum absolute atomic E-state index is 13.3. The molecule has 2 heteroatoms. The summed E-state index contributed by atoms with van der Waals surface area (Å²) in [5, 5.41) is 0. The molecule has 3 aromatic carbocycles. The van der Waals surface area contributed by atoms with E-state index in [9.17, 15) is 4.79 Å². The highest BCUT2D eigenvalue weighted by molar-refractivity contribution is 5.88. The van der Waals surface area contributed by atoms with Crippen molar-refractivity contribution in [3.8, 4) is 0 Å². The Morgan fingerprint density at radius 1 is 0.692 bits per heavy atom. The minimum Gasteiger partial charge on any atom is -0.299 e. The van der Waals surface area contributed by atoms with Gasteiger partial charge in [-0.3, -0.25) is 9.69 Å². The van der Waals surface area contributed by atoms with Gasteiger partial charge in [0.2, 0.25) is 0 Å². The standard InChI is InChI=1S/C24H23NO/c1-25-21(18-11-5-2-6-12-18)17-22(26)23(19-13-7-3-8-14-19)24(25)20-15-9-4-10-16-20/h2-16,21,23-24H,17H2,1H3. The Hall–Kier alpha value is -2.71. The van der Waals surface area contributed by atoms with Crippen LogP contribution in [-0.2, 0) is 4.79 Å². The molecule has 3 aromatic rings. The molecule has 26 heavy (non-hydrogen) atoms. The SMILES string of the molecule is CN1C(c2ccccc2)CC(=O)C(c2ccccc2)C1c1ccccc1. The summed E-state index contributed by atoms with van der Waals surface area (Å²) >= 11 is 0. The van der Waals surface area contributed by atoms with E-state index in [1.807, 2.05) is 30.3 Å². The van der Waals surface area contributed by atoms with E-state index in [2.05, 4.69) is 72.6 Å². The topological polar surface area (TPSA) is 20.3 Å². The van der Waals surface area contributed by atoms with E-state index in [0.717, 1.165) is 5.56 Å². The zero-order valence-corrected chi connectivity index (χ0v) is 15.0. The molecule has 1 fully saturated rings. The van der Waals surface area contributed by atoms with Crippen LogP contribution in [0, 0.1) is 0 Å². The highest BCUT2D eigenvalue weighted by atomic mass is 16.1. The fraction of sp³-hybridized carbons (Fsp3) is 0.208. The van der Waals surface area contributed by atoms with Crippen LogP contribution in [0.15, 0.2) is 91.0 Å². The van der Waals surface area contributed by atoms with Crippen molar-refractivity contribution in [2.24, 2.45) is 0 Å². The summed E-state index contributed by atoms with van der Waals surface area (Å²) in [5.41, 5.74) is 3.50.